The van der Waals surface area contributed by atoms with Crippen molar-refractivity contribution in [3.63, 3.8) is 0 Å². The molecule has 0 aliphatic rings. The summed E-state index contributed by atoms with van der Waals surface area (Å²) in [7, 11) is 0. The number of rotatable bonds is 3. The Morgan fingerprint density at radius 3 is 2.79 bits per heavy atom. The molecule has 0 aliphatic carbocycles. The van der Waals surface area contributed by atoms with E-state index in [4.69, 9.17) is 5.73 Å². The van der Waals surface area contributed by atoms with Crippen molar-refractivity contribution < 1.29 is 9.18 Å². The number of imidazole rings is 1. The minimum absolute atomic E-state index is 0.0640. The van der Waals surface area contributed by atoms with Crippen molar-refractivity contribution in [3.8, 4) is 5.69 Å². The molecule has 5 rings (SSSR count). The summed E-state index contributed by atoms with van der Waals surface area (Å²) in [4.78, 5) is 23.3. The van der Waals surface area contributed by atoms with Crippen molar-refractivity contribution >= 4 is 33.5 Å². The maximum absolute atomic E-state index is 14.6. The summed E-state index contributed by atoms with van der Waals surface area (Å²) in [5.41, 5.74) is 8.90. The molecular formula is C20H15FN6O. The Morgan fingerprint density at radius 2 is 1.96 bits per heavy atom. The van der Waals surface area contributed by atoms with Gasteiger partial charge in [-0.1, -0.05) is 18.2 Å². The fourth-order valence-corrected chi connectivity index (χ4v) is 3.37. The largest absolute Gasteiger partial charge is 0.383 e. The Balaban J connectivity index is 1.59. The Hall–Kier alpha value is -3.94. The lowest BCUT2D eigenvalue weighted by molar-refractivity contribution is 0.103. The second-order valence-electron chi connectivity index (χ2n) is 6.60. The molecule has 0 radical (unpaired) electrons. The lowest BCUT2D eigenvalue weighted by atomic mass is 10.1. The maximum atomic E-state index is 14.6. The first-order chi connectivity index (χ1) is 13.5. The summed E-state index contributed by atoms with van der Waals surface area (Å²) in [5, 5.41) is 5.06. The van der Waals surface area contributed by atoms with Crippen molar-refractivity contribution in [3.05, 3.63) is 71.6 Å². The molecule has 0 bridgehead atoms. The number of ketones is 1. The van der Waals surface area contributed by atoms with E-state index in [-0.39, 0.29) is 22.9 Å². The van der Waals surface area contributed by atoms with Gasteiger partial charge in [-0.3, -0.25) is 4.79 Å². The monoisotopic (exact) mass is 374 g/mol. The SMILES string of the molecule is Cc1nc2cc(-n3ncc(C(=O)c4cc5ccccc5[nH]4)c3N)c(F)cc2[nH]1. The molecular weight excluding hydrogens is 359 g/mol. The van der Waals surface area contributed by atoms with E-state index >= 15 is 0 Å². The third-order valence-electron chi connectivity index (χ3n) is 4.72. The van der Waals surface area contributed by atoms with Gasteiger partial charge in [0.05, 0.1) is 28.5 Å². The van der Waals surface area contributed by atoms with E-state index in [9.17, 15) is 9.18 Å². The summed E-state index contributed by atoms with van der Waals surface area (Å²) in [6.07, 6.45) is 1.35. The van der Waals surface area contributed by atoms with Crippen LogP contribution in [0.25, 0.3) is 27.6 Å². The van der Waals surface area contributed by atoms with E-state index in [2.05, 4.69) is 20.1 Å². The van der Waals surface area contributed by atoms with Gasteiger partial charge in [-0.05, 0) is 25.1 Å². The van der Waals surface area contributed by atoms with Crippen molar-refractivity contribution in [1.29, 1.82) is 0 Å². The number of aromatic nitrogens is 5. The highest BCUT2D eigenvalue weighted by atomic mass is 19.1. The number of benzene rings is 2. The zero-order valence-corrected chi connectivity index (χ0v) is 14.8. The molecule has 5 aromatic rings. The molecule has 0 amide bonds. The summed E-state index contributed by atoms with van der Waals surface area (Å²) in [6.45, 7) is 1.79. The van der Waals surface area contributed by atoms with Crippen LogP contribution in [0.2, 0.25) is 0 Å². The van der Waals surface area contributed by atoms with Crippen molar-refractivity contribution in [2.75, 3.05) is 5.73 Å². The first-order valence-electron chi connectivity index (χ1n) is 8.63. The number of para-hydroxylation sites is 1. The number of fused-ring (bicyclic) bond motifs is 2. The lowest BCUT2D eigenvalue weighted by Gasteiger charge is -2.06. The van der Waals surface area contributed by atoms with Crippen molar-refractivity contribution in [2.24, 2.45) is 0 Å². The summed E-state index contributed by atoms with van der Waals surface area (Å²) in [5.74, 6) is -0.0866. The molecule has 0 atom stereocenters. The summed E-state index contributed by atoms with van der Waals surface area (Å²) in [6, 6.07) is 12.2. The number of halogens is 1. The molecule has 0 unspecified atom stereocenters. The predicted molar refractivity (Wildman–Crippen MR) is 104 cm³/mol. The zero-order chi connectivity index (χ0) is 19.4. The Morgan fingerprint density at radius 1 is 1.14 bits per heavy atom. The third kappa shape index (κ3) is 2.38. The van der Waals surface area contributed by atoms with Crippen LogP contribution in [0.15, 0.2) is 48.7 Å². The van der Waals surface area contributed by atoms with Crippen LogP contribution in [0.1, 0.15) is 21.9 Å². The van der Waals surface area contributed by atoms with Gasteiger partial charge >= 0.3 is 0 Å². The number of anilines is 1. The standard InChI is InChI=1S/C20H15FN6O/c1-10-24-15-7-13(21)18(8-16(15)25-10)27-20(22)12(9-23-27)19(28)17-6-11-4-2-3-5-14(11)26-17/h2-9,26H,22H2,1H3,(H,24,25). The molecule has 3 heterocycles. The number of carbonyl (C=O) groups is 1. The molecule has 4 N–H and O–H groups in total. The third-order valence-corrected chi connectivity index (χ3v) is 4.72. The van der Waals surface area contributed by atoms with Gasteiger partial charge in [-0.15, -0.1) is 0 Å². The van der Waals surface area contributed by atoms with E-state index in [0.717, 1.165) is 10.9 Å². The molecule has 0 saturated heterocycles. The number of nitrogens with one attached hydrogen (secondary N) is 2. The predicted octanol–water partition coefficient (Wildman–Crippen LogP) is 3.49. The molecule has 138 valence electrons. The molecule has 3 aromatic heterocycles. The highest BCUT2D eigenvalue weighted by Gasteiger charge is 2.21. The molecule has 8 heteroatoms. The number of H-pyrrole nitrogens is 2. The number of carbonyl (C=O) groups excluding carboxylic acids is 1. The van der Waals surface area contributed by atoms with Crippen LogP contribution in [0, 0.1) is 12.7 Å². The number of nitrogens with two attached hydrogens (primary N) is 1. The quantitative estimate of drug-likeness (QED) is 0.420. The zero-order valence-electron chi connectivity index (χ0n) is 14.8. The van der Waals surface area contributed by atoms with Gasteiger partial charge in [0, 0.05) is 17.0 Å². The summed E-state index contributed by atoms with van der Waals surface area (Å²) >= 11 is 0. The number of hydrogen-bond acceptors (Lipinski definition) is 4. The average molecular weight is 374 g/mol. The van der Waals surface area contributed by atoms with Crippen LogP contribution in [-0.4, -0.2) is 30.5 Å². The van der Waals surface area contributed by atoms with Gasteiger partial charge in [0.1, 0.15) is 17.3 Å². The van der Waals surface area contributed by atoms with Crippen LogP contribution >= 0.6 is 0 Å². The molecule has 0 aliphatic heterocycles. The maximum Gasteiger partial charge on any atom is 0.214 e. The second kappa shape index (κ2) is 5.78. The van der Waals surface area contributed by atoms with Crippen LogP contribution in [0.5, 0.6) is 0 Å². The number of nitrogen functional groups attached to an aromatic ring is 1. The topological polar surface area (TPSA) is 105 Å². The first-order valence-corrected chi connectivity index (χ1v) is 8.63. The molecule has 0 saturated carbocycles. The molecule has 0 fully saturated rings. The Kier molecular flexibility index (Phi) is 3.35. The minimum Gasteiger partial charge on any atom is -0.383 e. The van der Waals surface area contributed by atoms with Crippen LogP contribution in [-0.2, 0) is 0 Å². The lowest BCUT2D eigenvalue weighted by Crippen LogP contribution is -2.08. The minimum atomic E-state index is -0.518. The van der Waals surface area contributed by atoms with Crippen LogP contribution in [0.3, 0.4) is 0 Å². The van der Waals surface area contributed by atoms with Crippen LogP contribution < -0.4 is 5.73 Å². The van der Waals surface area contributed by atoms with Gasteiger partial charge in [-0.2, -0.15) is 5.10 Å². The number of aromatic amines is 2. The van der Waals surface area contributed by atoms with E-state index in [1.165, 1.54) is 16.9 Å². The van der Waals surface area contributed by atoms with Crippen molar-refractivity contribution in [1.82, 2.24) is 24.7 Å². The molecule has 7 nitrogen and oxygen atoms in total. The Labute approximate surface area is 158 Å². The summed E-state index contributed by atoms with van der Waals surface area (Å²) < 4.78 is 15.8. The smallest absolute Gasteiger partial charge is 0.214 e. The molecule has 28 heavy (non-hydrogen) atoms. The van der Waals surface area contributed by atoms with Crippen LogP contribution in [0.4, 0.5) is 10.2 Å². The molecule has 0 spiro atoms. The van der Waals surface area contributed by atoms with Gasteiger partial charge in [0.25, 0.3) is 0 Å². The Bertz CT molecular complexity index is 1340. The number of aryl methyl sites for hydroxylation is 1. The fraction of sp³-hybridized carbons (Fsp3) is 0.0500. The average Bonchev–Trinajstić information content (AvgIpc) is 3.36. The van der Waals surface area contributed by atoms with Gasteiger partial charge in [0.15, 0.2) is 5.82 Å². The van der Waals surface area contributed by atoms with Gasteiger partial charge < -0.3 is 15.7 Å². The van der Waals surface area contributed by atoms with Gasteiger partial charge in [-0.25, -0.2) is 14.1 Å². The first kappa shape index (κ1) is 16.2. The fourth-order valence-electron chi connectivity index (χ4n) is 3.37. The second-order valence-corrected chi connectivity index (χ2v) is 6.60. The normalized spacial score (nSPS) is 11.5. The van der Waals surface area contributed by atoms with E-state index in [0.29, 0.717) is 22.6 Å². The van der Waals surface area contributed by atoms with E-state index in [1.807, 2.05) is 24.3 Å². The van der Waals surface area contributed by atoms with Crippen molar-refractivity contribution in [2.45, 2.75) is 6.92 Å². The highest BCUT2D eigenvalue weighted by Crippen LogP contribution is 2.26. The van der Waals surface area contributed by atoms with E-state index in [1.54, 1.807) is 19.1 Å². The number of nitrogens with zero attached hydrogens (tertiary/aromatic N) is 3. The number of hydrogen-bond donors (Lipinski definition) is 3. The van der Waals surface area contributed by atoms with E-state index < -0.39 is 5.82 Å². The van der Waals surface area contributed by atoms with Gasteiger partial charge in [0.2, 0.25) is 5.78 Å². The highest BCUT2D eigenvalue weighted by molar-refractivity contribution is 6.12. The molecule has 2 aromatic carbocycles.